The second-order valence-electron chi connectivity index (χ2n) is 5.72. The molecular weight excluding hydrogens is 224 g/mol. The number of benzene rings is 1. The molecule has 1 amide bonds. The first kappa shape index (κ1) is 11.6. The molecule has 0 saturated heterocycles. The lowest BCUT2D eigenvalue weighted by molar-refractivity contribution is -0.121. The maximum atomic E-state index is 12.0. The number of anilines is 1. The van der Waals surface area contributed by atoms with Gasteiger partial charge >= 0.3 is 0 Å². The van der Waals surface area contributed by atoms with Crippen molar-refractivity contribution in [2.45, 2.75) is 38.1 Å². The summed E-state index contributed by atoms with van der Waals surface area (Å²) < 4.78 is 0. The molecule has 0 aliphatic heterocycles. The molecule has 0 radical (unpaired) electrons. The van der Waals surface area contributed by atoms with E-state index in [1.165, 1.54) is 25.7 Å². The van der Waals surface area contributed by atoms with Gasteiger partial charge in [-0.15, -0.1) is 0 Å². The molecule has 0 heterocycles. The summed E-state index contributed by atoms with van der Waals surface area (Å²) in [5.41, 5.74) is 7.50. The molecule has 2 saturated carbocycles. The smallest absolute Gasteiger partial charge is 0.224 e. The van der Waals surface area contributed by atoms with Crippen molar-refractivity contribution in [3.05, 3.63) is 29.8 Å². The molecule has 3 nitrogen and oxygen atoms in total. The van der Waals surface area contributed by atoms with Gasteiger partial charge in [-0.05, 0) is 42.7 Å². The quantitative estimate of drug-likeness (QED) is 0.800. The molecule has 2 aliphatic carbocycles. The fourth-order valence-electron chi connectivity index (χ4n) is 3.55. The van der Waals surface area contributed by atoms with Crippen molar-refractivity contribution < 1.29 is 4.79 Å². The van der Waals surface area contributed by atoms with Crippen molar-refractivity contribution in [1.29, 1.82) is 0 Å². The van der Waals surface area contributed by atoms with E-state index in [9.17, 15) is 4.79 Å². The molecule has 1 aromatic rings. The summed E-state index contributed by atoms with van der Waals surface area (Å²) in [7, 11) is 0. The van der Waals surface area contributed by atoms with Gasteiger partial charge in [0.15, 0.2) is 0 Å². The van der Waals surface area contributed by atoms with Crippen molar-refractivity contribution in [3.8, 4) is 0 Å². The van der Waals surface area contributed by atoms with Gasteiger partial charge in [0.2, 0.25) is 5.91 Å². The maximum Gasteiger partial charge on any atom is 0.224 e. The Labute approximate surface area is 108 Å². The third-order valence-corrected chi connectivity index (χ3v) is 4.49. The van der Waals surface area contributed by atoms with E-state index in [1.807, 2.05) is 24.3 Å². The van der Waals surface area contributed by atoms with Crippen molar-refractivity contribution in [2.75, 3.05) is 5.73 Å². The third-order valence-electron chi connectivity index (χ3n) is 4.49. The van der Waals surface area contributed by atoms with Crippen LogP contribution in [0.4, 0.5) is 5.69 Å². The van der Waals surface area contributed by atoms with Crippen LogP contribution in [0.5, 0.6) is 0 Å². The average molecular weight is 244 g/mol. The zero-order valence-electron chi connectivity index (χ0n) is 10.6. The minimum absolute atomic E-state index is 0.116. The van der Waals surface area contributed by atoms with Gasteiger partial charge in [0.05, 0.1) is 6.42 Å². The van der Waals surface area contributed by atoms with Crippen LogP contribution < -0.4 is 11.1 Å². The lowest BCUT2D eigenvalue weighted by Crippen LogP contribution is -2.39. The Kier molecular flexibility index (Phi) is 2.98. The van der Waals surface area contributed by atoms with Crippen LogP contribution in [-0.4, -0.2) is 11.9 Å². The molecule has 2 bridgehead atoms. The van der Waals surface area contributed by atoms with Crippen LogP contribution in [0.3, 0.4) is 0 Å². The van der Waals surface area contributed by atoms with Crippen LogP contribution >= 0.6 is 0 Å². The topological polar surface area (TPSA) is 55.1 Å². The maximum absolute atomic E-state index is 12.0. The molecule has 0 spiro atoms. The molecule has 2 aliphatic rings. The summed E-state index contributed by atoms with van der Waals surface area (Å²) in [5.74, 6) is 1.71. The standard InChI is InChI=1S/C15H20N2O/c16-13-4-2-1-3-11(13)9-15(18)17-14-8-10-5-6-12(14)7-10/h1-4,10,12,14H,5-9,16H2,(H,17,18). The van der Waals surface area contributed by atoms with Gasteiger partial charge in [0.1, 0.15) is 0 Å². The molecule has 96 valence electrons. The lowest BCUT2D eigenvalue weighted by atomic mass is 9.95. The van der Waals surface area contributed by atoms with E-state index in [0.717, 1.165) is 17.4 Å². The summed E-state index contributed by atoms with van der Waals surface area (Å²) >= 11 is 0. The third kappa shape index (κ3) is 2.22. The molecular formula is C15H20N2O. The minimum atomic E-state index is 0.116. The number of amides is 1. The normalized spacial score (nSPS) is 29.4. The molecule has 0 aromatic heterocycles. The highest BCUT2D eigenvalue weighted by atomic mass is 16.1. The highest BCUT2D eigenvalue weighted by molar-refractivity contribution is 5.80. The van der Waals surface area contributed by atoms with E-state index in [4.69, 9.17) is 5.73 Å². The van der Waals surface area contributed by atoms with Gasteiger partial charge in [-0.2, -0.15) is 0 Å². The van der Waals surface area contributed by atoms with Crippen LogP contribution in [0.15, 0.2) is 24.3 Å². The molecule has 3 atom stereocenters. The molecule has 1 aromatic carbocycles. The van der Waals surface area contributed by atoms with E-state index in [-0.39, 0.29) is 5.91 Å². The number of nitrogen functional groups attached to an aromatic ring is 1. The Bertz CT molecular complexity index is 458. The summed E-state index contributed by atoms with van der Waals surface area (Å²) in [6, 6.07) is 8.01. The van der Waals surface area contributed by atoms with E-state index < -0.39 is 0 Å². The SMILES string of the molecule is Nc1ccccc1CC(=O)NC1CC2CCC1C2. The molecule has 3 heteroatoms. The monoisotopic (exact) mass is 244 g/mol. The predicted octanol–water partition coefficient (Wildman–Crippen LogP) is 2.12. The fourth-order valence-corrected chi connectivity index (χ4v) is 3.55. The average Bonchev–Trinajstić information content (AvgIpc) is 2.94. The highest BCUT2D eigenvalue weighted by Gasteiger charge is 2.39. The molecule has 3 rings (SSSR count). The first-order valence-electron chi connectivity index (χ1n) is 6.85. The second kappa shape index (κ2) is 4.63. The van der Waals surface area contributed by atoms with Crippen LogP contribution in [-0.2, 0) is 11.2 Å². The summed E-state index contributed by atoms with van der Waals surface area (Å²) in [4.78, 5) is 12.0. The van der Waals surface area contributed by atoms with E-state index in [0.29, 0.717) is 18.2 Å². The van der Waals surface area contributed by atoms with Gasteiger partial charge in [-0.25, -0.2) is 0 Å². The van der Waals surface area contributed by atoms with Gasteiger partial charge in [0, 0.05) is 11.7 Å². The zero-order valence-corrected chi connectivity index (χ0v) is 10.6. The lowest BCUT2D eigenvalue weighted by Gasteiger charge is -2.23. The van der Waals surface area contributed by atoms with Gasteiger partial charge in [0.25, 0.3) is 0 Å². The van der Waals surface area contributed by atoms with Crippen molar-refractivity contribution >= 4 is 11.6 Å². The largest absolute Gasteiger partial charge is 0.398 e. The zero-order chi connectivity index (χ0) is 12.5. The Balaban J connectivity index is 1.58. The van der Waals surface area contributed by atoms with Crippen LogP contribution in [0.25, 0.3) is 0 Å². The number of carbonyl (C=O) groups excluding carboxylic acids is 1. The Morgan fingerprint density at radius 2 is 2.11 bits per heavy atom. The fraction of sp³-hybridized carbons (Fsp3) is 0.533. The number of nitrogens with one attached hydrogen (secondary N) is 1. The van der Waals surface area contributed by atoms with Crippen LogP contribution in [0.2, 0.25) is 0 Å². The number of hydrogen-bond acceptors (Lipinski definition) is 2. The number of nitrogens with two attached hydrogens (primary N) is 1. The number of para-hydroxylation sites is 1. The summed E-state index contributed by atoms with van der Waals surface area (Å²) in [6.45, 7) is 0. The van der Waals surface area contributed by atoms with Gasteiger partial charge in [-0.3, -0.25) is 4.79 Å². The molecule has 3 N–H and O–H groups in total. The number of hydrogen-bond donors (Lipinski definition) is 2. The summed E-state index contributed by atoms with van der Waals surface area (Å²) in [5, 5.41) is 3.19. The molecule has 3 unspecified atom stereocenters. The highest BCUT2D eigenvalue weighted by Crippen LogP contribution is 2.44. The molecule has 2 fully saturated rings. The minimum Gasteiger partial charge on any atom is -0.398 e. The molecule has 18 heavy (non-hydrogen) atoms. The van der Waals surface area contributed by atoms with Crippen LogP contribution in [0, 0.1) is 11.8 Å². The van der Waals surface area contributed by atoms with Crippen molar-refractivity contribution in [2.24, 2.45) is 11.8 Å². The van der Waals surface area contributed by atoms with Gasteiger partial charge < -0.3 is 11.1 Å². The predicted molar refractivity (Wildman–Crippen MR) is 71.9 cm³/mol. The Morgan fingerprint density at radius 1 is 1.28 bits per heavy atom. The first-order valence-corrected chi connectivity index (χ1v) is 6.85. The van der Waals surface area contributed by atoms with E-state index in [1.54, 1.807) is 0 Å². The van der Waals surface area contributed by atoms with Crippen molar-refractivity contribution in [1.82, 2.24) is 5.32 Å². The second-order valence-corrected chi connectivity index (χ2v) is 5.72. The van der Waals surface area contributed by atoms with E-state index >= 15 is 0 Å². The Hall–Kier alpha value is -1.51. The van der Waals surface area contributed by atoms with Gasteiger partial charge in [-0.1, -0.05) is 24.6 Å². The number of fused-ring (bicyclic) bond motifs is 2. The van der Waals surface area contributed by atoms with Crippen LogP contribution in [0.1, 0.15) is 31.2 Å². The van der Waals surface area contributed by atoms with E-state index in [2.05, 4.69) is 5.32 Å². The summed E-state index contributed by atoms with van der Waals surface area (Å²) in [6.07, 6.45) is 5.56. The Morgan fingerprint density at radius 3 is 2.78 bits per heavy atom. The van der Waals surface area contributed by atoms with Crippen molar-refractivity contribution in [3.63, 3.8) is 0 Å². The first-order chi connectivity index (χ1) is 8.72. The number of carbonyl (C=O) groups is 1. The number of rotatable bonds is 3.